The minimum atomic E-state index is 0.166. The molecule has 1 aliphatic rings. The molecule has 1 N–H and O–H groups in total. The normalized spacial score (nSPS) is 17.2. The van der Waals surface area contributed by atoms with Gasteiger partial charge in [0.05, 0.1) is 26.1 Å². The Balaban J connectivity index is 1.93. The van der Waals surface area contributed by atoms with Crippen LogP contribution in [0.1, 0.15) is 17.2 Å². The van der Waals surface area contributed by atoms with Gasteiger partial charge in [0, 0.05) is 5.69 Å². The van der Waals surface area contributed by atoms with Crippen LogP contribution in [0, 0.1) is 0 Å². The van der Waals surface area contributed by atoms with Crippen molar-refractivity contribution < 1.29 is 0 Å². The van der Waals surface area contributed by atoms with Crippen molar-refractivity contribution in [3.05, 3.63) is 61.5 Å². The highest BCUT2D eigenvalue weighted by atomic mass is 35.5. The highest BCUT2D eigenvalue weighted by Gasteiger charge is 2.23. The van der Waals surface area contributed by atoms with Crippen molar-refractivity contribution in [1.29, 1.82) is 0 Å². The summed E-state index contributed by atoms with van der Waals surface area (Å²) in [6, 6.07) is 9.60. The molecular weight excluding hydrogens is 324 g/mol. The van der Waals surface area contributed by atoms with Gasteiger partial charge in [-0.25, -0.2) is 0 Å². The first-order chi connectivity index (χ1) is 9.04. The fourth-order valence-electron chi connectivity index (χ4n) is 2.28. The van der Waals surface area contributed by atoms with Gasteiger partial charge in [-0.3, -0.25) is 0 Å². The van der Waals surface area contributed by atoms with E-state index in [0.717, 1.165) is 23.2 Å². The number of benzene rings is 2. The van der Waals surface area contributed by atoms with Crippen LogP contribution in [-0.2, 0) is 6.42 Å². The average Bonchev–Trinajstić information content (AvgIpc) is 2.76. The number of hydrogen-bond acceptors (Lipinski definition) is 1. The van der Waals surface area contributed by atoms with Crippen LogP contribution in [0.4, 0.5) is 5.69 Å². The molecule has 1 atom stereocenters. The molecule has 0 radical (unpaired) electrons. The third-order valence-corrected chi connectivity index (χ3v) is 4.71. The molecular formula is C14H9Cl4N. The highest BCUT2D eigenvalue weighted by molar-refractivity contribution is 6.42. The van der Waals surface area contributed by atoms with Gasteiger partial charge in [-0.05, 0) is 41.8 Å². The second-order valence-electron chi connectivity index (χ2n) is 4.50. The maximum Gasteiger partial charge on any atom is 0.0613 e. The number of anilines is 1. The molecule has 1 nitrogen and oxygen atoms in total. The zero-order valence-corrected chi connectivity index (χ0v) is 12.7. The lowest BCUT2D eigenvalue weighted by Crippen LogP contribution is -2.05. The molecule has 0 bridgehead atoms. The van der Waals surface area contributed by atoms with E-state index in [1.165, 1.54) is 0 Å². The van der Waals surface area contributed by atoms with E-state index >= 15 is 0 Å². The average molecular weight is 333 g/mol. The van der Waals surface area contributed by atoms with Gasteiger partial charge in [0.25, 0.3) is 0 Å². The van der Waals surface area contributed by atoms with E-state index in [-0.39, 0.29) is 6.04 Å². The summed E-state index contributed by atoms with van der Waals surface area (Å²) in [6.07, 6.45) is 0.851. The van der Waals surface area contributed by atoms with Gasteiger partial charge in [-0.15, -0.1) is 0 Å². The molecule has 3 rings (SSSR count). The molecule has 0 aliphatic carbocycles. The maximum atomic E-state index is 6.05. The lowest BCUT2D eigenvalue weighted by molar-refractivity contribution is 0.824. The van der Waals surface area contributed by atoms with Crippen molar-refractivity contribution in [1.82, 2.24) is 0 Å². The topological polar surface area (TPSA) is 12.0 Å². The van der Waals surface area contributed by atoms with Crippen LogP contribution in [0.3, 0.4) is 0 Å². The van der Waals surface area contributed by atoms with Gasteiger partial charge in [-0.2, -0.15) is 0 Å². The van der Waals surface area contributed by atoms with E-state index in [1.807, 2.05) is 30.3 Å². The minimum Gasteiger partial charge on any atom is -0.378 e. The minimum absolute atomic E-state index is 0.166. The molecule has 1 heterocycles. The summed E-state index contributed by atoms with van der Waals surface area (Å²) in [5.41, 5.74) is 3.27. The zero-order valence-electron chi connectivity index (χ0n) is 9.68. The van der Waals surface area contributed by atoms with Gasteiger partial charge in [0.1, 0.15) is 0 Å². The fraction of sp³-hybridized carbons (Fsp3) is 0.143. The number of hydrogen-bond donors (Lipinski definition) is 1. The summed E-state index contributed by atoms with van der Waals surface area (Å²) >= 11 is 24.0. The summed E-state index contributed by atoms with van der Waals surface area (Å²) in [4.78, 5) is 0. The molecule has 2 aromatic rings. The van der Waals surface area contributed by atoms with Crippen LogP contribution >= 0.6 is 46.4 Å². The van der Waals surface area contributed by atoms with Gasteiger partial charge in [0.15, 0.2) is 0 Å². The van der Waals surface area contributed by atoms with E-state index in [4.69, 9.17) is 46.4 Å². The predicted molar refractivity (Wildman–Crippen MR) is 83.0 cm³/mol. The Hall–Kier alpha value is -0.600. The van der Waals surface area contributed by atoms with Gasteiger partial charge >= 0.3 is 0 Å². The zero-order chi connectivity index (χ0) is 13.6. The number of rotatable bonds is 1. The lowest BCUT2D eigenvalue weighted by Gasteiger charge is -2.12. The Kier molecular flexibility index (Phi) is 3.57. The van der Waals surface area contributed by atoms with Crippen LogP contribution in [0.15, 0.2) is 30.3 Å². The van der Waals surface area contributed by atoms with E-state index in [1.54, 1.807) is 0 Å². The Labute approximate surface area is 131 Å². The molecule has 1 unspecified atom stereocenters. The first kappa shape index (κ1) is 13.4. The summed E-state index contributed by atoms with van der Waals surface area (Å²) in [5.74, 6) is 0. The quantitative estimate of drug-likeness (QED) is 0.674. The van der Waals surface area contributed by atoms with Crippen molar-refractivity contribution >= 4 is 52.1 Å². The molecule has 19 heavy (non-hydrogen) atoms. The second-order valence-corrected chi connectivity index (χ2v) is 6.13. The molecule has 1 aliphatic heterocycles. The van der Waals surface area contributed by atoms with E-state index in [0.29, 0.717) is 20.1 Å². The second kappa shape index (κ2) is 5.06. The Morgan fingerprint density at radius 1 is 0.842 bits per heavy atom. The third kappa shape index (κ3) is 2.53. The van der Waals surface area contributed by atoms with Crippen molar-refractivity contribution in [2.24, 2.45) is 0 Å². The Morgan fingerprint density at radius 3 is 2.26 bits per heavy atom. The molecule has 0 spiro atoms. The molecule has 2 aromatic carbocycles. The summed E-state index contributed by atoms with van der Waals surface area (Å²) in [5, 5.41) is 5.68. The molecule has 5 heteroatoms. The third-order valence-electron chi connectivity index (χ3n) is 3.25. The summed E-state index contributed by atoms with van der Waals surface area (Å²) < 4.78 is 0. The molecule has 0 aromatic heterocycles. The van der Waals surface area contributed by atoms with E-state index in [9.17, 15) is 0 Å². The van der Waals surface area contributed by atoms with Crippen molar-refractivity contribution in [2.75, 3.05) is 5.32 Å². The van der Waals surface area contributed by atoms with Crippen LogP contribution in [-0.4, -0.2) is 0 Å². The lowest BCUT2D eigenvalue weighted by atomic mass is 10.0. The van der Waals surface area contributed by atoms with Crippen LogP contribution in [0.2, 0.25) is 20.1 Å². The predicted octanol–water partition coefficient (Wildman–Crippen LogP) is 6.01. The van der Waals surface area contributed by atoms with Gasteiger partial charge in [-0.1, -0.05) is 52.5 Å². The maximum absolute atomic E-state index is 6.05. The van der Waals surface area contributed by atoms with Crippen molar-refractivity contribution in [3.63, 3.8) is 0 Å². The van der Waals surface area contributed by atoms with E-state index < -0.39 is 0 Å². The smallest absolute Gasteiger partial charge is 0.0613 e. The molecule has 0 fully saturated rings. The van der Waals surface area contributed by atoms with Crippen LogP contribution < -0.4 is 5.32 Å². The fourth-order valence-corrected chi connectivity index (χ4v) is 2.94. The number of halogens is 4. The monoisotopic (exact) mass is 331 g/mol. The van der Waals surface area contributed by atoms with Crippen LogP contribution in [0.5, 0.6) is 0 Å². The summed E-state index contributed by atoms with van der Waals surface area (Å²) in [7, 11) is 0. The van der Waals surface area contributed by atoms with E-state index in [2.05, 4.69) is 5.32 Å². The molecule has 0 saturated heterocycles. The number of fused-ring (bicyclic) bond motifs is 1. The molecule has 98 valence electrons. The van der Waals surface area contributed by atoms with Crippen LogP contribution in [0.25, 0.3) is 0 Å². The molecule has 0 saturated carbocycles. The first-order valence-electron chi connectivity index (χ1n) is 5.74. The Morgan fingerprint density at radius 2 is 1.53 bits per heavy atom. The highest BCUT2D eigenvalue weighted by Crippen LogP contribution is 2.39. The summed E-state index contributed by atoms with van der Waals surface area (Å²) in [6.45, 7) is 0. The first-order valence-corrected chi connectivity index (χ1v) is 7.25. The van der Waals surface area contributed by atoms with Crippen molar-refractivity contribution in [3.8, 4) is 0 Å². The standard InChI is InChI=1S/C14H9Cl4N/c15-9-2-1-7(3-10(9)16)13-5-8-4-11(17)12(18)6-14(8)19-13/h1-4,6,13,19H,5H2. The largest absolute Gasteiger partial charge is 0.378 e. The van der Waals surface area contributed by atoms with Gasteiger partial charge in [0.2, 0.25) is 0 Å². The number of nitrogens with one attached hydrogen (secondary N) is 1. The SMILES string of the molecule is Clc1ccc(C2Cc3cc(Cl)c(Cl)cc3N2)cc1Cl. The Bertz CT molecular complexity index is 623. The molecule has 0 amide bonds. The van der Waals surface area contributed by atoms with Crippen molar-refractivity contribution in [2.45, 2.75) is 12.5 Å². The van der Waals surface area contributed by atoms with Gasteiger partial charge < -0.3 is 5.32 Å².